The maximum absolute atomic E-state index is 9.78. The highest BCUT2D eigenvalue weighted by Crippen LogP contribution is 2.30. The van der Waals surface area contributed by atoms with Crippen molar-refractivity contribution in [3.05, 3.63) is 54.0 Å². The van der Waals surface area contributed by atoms with Crippen LogP contribution in [0.25, 0.3) is 15.9 Å². The fraction of sp³-hybridized carbons (Fsp3) is 0.462. The minimum atomic E-state index is -0.155. The molecule has 0 bridgehead atoms. The average Bonchev–Trinajstić information content (AvgIpc) is 3.43. The zero-order valence-corrected chi connectivity index (χ0v) is 19.7. The predicted molar refractivity (Wildman–Crippen MR) is 136 cm³/mol. The molecule has 3 aromatic heterocycles. The molecule has 2 N–H and O–H groups in total. The topological polar surface area (TPSA) is 65.7 Å². The van der Waals surface area contributed by atoms with Crippen molar-refractivity contribution >= 4 is 38.0 Å². The van der Waals surface area contributed by atoms with Crippen LogP contribution in [0.15, 0.2) is 42.7 Å². The molecule has 0 radical (unpaired) electrons. The summed E-state index contributed by atoms with van der Waals surface area (Å²) < 4.78 is 3.43. The molecule has 2 fully saturated rings. The lowest BCUT2D eigenvalue weighted by molar-refractivity contribution is 0.145. The zero-order chi connectivity index (χ0) is 22.2. The Bertz CT molecular complexity index is 1250. The van der Waals surface area contributed by atoms with E-state index in [0.717, 1.165) is 48.6 Å². The van der Waals surface area contributed by atoms with Crippen LogP contribution in [0.4, 0.5) is 10.8 Å². The fourth-order valence-corrected chi connectivity index (χ4v) is 6.25. The molecule has 0 unspecified atom stereocenters. The van der Waals surface area contributed by atoms with Gasteiger partial charge in [0.25, 0.3) is 0 Å². The van der Waals surface area contributed by atoms with Gasteiger partial charge in [0, 0.05) is 55.4 Å². The van der Waals surface area contributed by atoms with Gasteiger partial charge < -0.3 is 19.7 Å². The second-order valence-corrected chi connectivity index (χ2v) is 10.6. The van der Waals surface area contributed by atoms with Gasteiger partial charge in [0.15, 0.2) is 5.13 Å². The molecule has 0 amide bonds. The van der Waals surface area contributed by atoms with E-state index in [2.05, 4.69) is 56.1 Å². The predicted octanol–water partition coefficient (Wildman–Crippen LogP) is 5.24. The van der Waals surface area contributed by atoms with Crippen LogP contribution in [-0.2, 0) is 6.42 Å². The molecule has 1 saturated heterocycles. The van der Waals surface area contributed by atoms with E-state index in [0.29, 0.717) is 6.04 Å². The van der Waals surface area contributed by atoms with Gasteiger partial charge in [0.1, 0.15) is 5.65 Å². The lowest BCUT2D eigenvalue weighted by Gasteiger charge is -2.31. The summed E-state index contributed by atoms with van der Waals surface area (Å²) in [7, 11) is 0. The highest BCUT2D eigenvalue weighted by molar-refractivity contribution is 7.22. The van der Waals surface area contributed by atoms with Gasteiger partial charge >= 0.3 is 0 Å². The number of pyridine rings is 1. The monoisotopic (exact) mass is 461 g/mol. The molecular formula is C26H31N5OS. The smallest absolute Gasteiger partial charge is 0.184 e. The highest BCUT2D eigenvalue weighted by atomic mass is 32.1. The van der Waals surface area contributed by atoms with Gasteiger partial charge in [0.2, 0.25) is 0 Å². The average molecular weight is 462 g/mol. The number of aliphatic hydroxyl groups excluding tert-OH is 1. The van der Waals surface area contributed by atoms with Crippen LogP contribution in [0, 0.1) is 0 Å². The summed E-state index contributed by atoms with van der Waals surface area (Å²) >= 11 is 1.77. The molecule has 6 nitrogen and oxygen atoms in total. The molecule has 0 atom stereocenters. The molecule has 0 spiro atoms. The number of hydrogen-bond donors (Lipinski definition) is 2. The molecule has 4 aromatic rings. The highest BCUT2D eigenvalue weighted by Gasteiger charge is 2.18. The van der Waals surface area contributed by atoms with Crippen LogP contribution < -0.4 is 10.2 Å². The summed E-state index contributed by atoms with van der Waals surface area (Å²) in [5, 5.41) is 14.5. The van der Waals surface area contributed by atoms with E-state index >= 15 is 0 Å². The quantitative estimate of drug-likeness (QED) is 0.425. The van der Waals surface area contributed by atoms with E-state index in [4.69, 9.17) is 4.98 Å². The number of imidazole rings is 1. The Kier molecular flexibility index (Phi) is 5.68. The zero-order valence-electron chi connectivity index (χ0n) is 18.9. The van der Waals surface area contributed by atoms with Crippen LogP contribution in [0.3, 0.4) is 0 Å². The number of fused-ring (bicyclic) bond motifs is 2. The number of aliphatic hydroxyl groups is 1. The molecule has 1 aliphatic carbocycles. The van der Waals surface area contributed by atoms with Crippen LogP contribution >= 0.6 is 11.3 Å². The minimum absolute atomic E-state index is 0.155. The summed E-state index contributed by atoms with van der Waals surface area (Å²) in [5.41, 5.74) is 5.72. The summed E-state index contributed by atoms with van der Waals surface area (Å²) in [6.45, 7) is 1.80. The van der Waals surface area contributed by atoms with Gasteiger partial charge in [-0.15, -0.1) is 0 Å². The van der Waals surface area contributed by atoms with Crippen molar-refractivity contribution < 1.29 is 5.11 Å². The molecular weight excluding hydrogens is 430 g/mol. The maximum Gasteiger partial charge on any atom is 0.184 e. The maximum atomic E-state index is 9.78. The van der Waals surface area contributed by atoms with Crippen LogP contribution in [0.2, 0.25) is 0 Å². The Morgan fingerprint density at radius 3 is 2.73 bits per heavy atom. The summed E-state index contributed by atoms with van der Waals surface area (Å²) in [6, 6.07) is 11.5. The number of nitrogens with one attached hydrogen (secondary N) is 1. The third-order valence-corrected chi connectivity index (χ3v) is 8.12. The number of rotatable bonds is 5. The number of benzene rings is 1. The first-order chi connectivity index (χ1) is 16.2. The standard InChI is InChI=1S/C26H31N5OS/c32-22-9-11-30(12-10-22)20-8-13-31-21(17-27-25(31)16-20)14-18-6-7-23-24(15-18)33-26(29-23)28-19-4-2-1-3-5-19/h6-8,13,15-17,19,22,32H,1-5,9-12,14H2,(H,28,29). The minimum Gasteiger partial charge on any atom is -0.393 e. The van der Waals surface area contributed by atoms with Gasteiger partial charge in [-0.25, -0.2) is 9.97 Å². The summed E-state index contributed by atoms with van der Waals surface area (Å²) in [4.78, 5) is 11.9. The van der Waals surface area contributed by atoms with E-state index in [9.17, 15) is 5.11 Å². The Morgan fingerprint density at radius 2 is 1.88 bits per heavy atom. The number of nitrogens with zero attached hydrogens (tertiary/aromatic N) is 4. The van der Waals surface area contributed by atoms with Crippen molar-refractivity contribution in [2.24, 2.45) is 0 Å². The van der Waals surface area contributed by atoms with Gasteiger partial charge in [-0.05, 0) is 49.4 Å². The van der Waals surface area contributed by atoms with E-state index in [1.807, 2.05) is 6.20 Å². The number of hydrogen-bond acceptors (Lipinski definition) is 6. The fourth-order valence-electron chi connectivity index (χ4n) is 5.25. The van der Waals surface area contributed by atoms with E-state index in [1.165, 1.54) is 53.7 Å². The molecule has 1 aromatic carbocycles. The van der Waals surface area contributed by atoms with Crippen LogP contribution in [0.1, 0.15) is 56.2 Å². The van der Waals surface area contributed by atoms with Crippen molar-refractivity contribution in [1.82, 2.24) is 14.4 Å². The van der Waals surface area contributed by atoms with Crippen molar-refractivity contribution in [3.8, 4) is 0 Å². The van der Waals surface area contributed by atoms with Gasteiger partial charge in [-0.1, -0.05) is 36.7 Å². The molecule has 172 valence electrons. The number of aromatic nitrogens is 3. The third kappa shape index (κ3) is 4.44. The second-order valence-electron chi connectivity index (χ2n) is 9.56. The van der Waals surface area contributed by atoms with Crippen molar-refractivity contribution in [2.75, 3.05) is 23.3 Å². The lowest BCUT2D eigenvalue weighted by atomic mass is 9.96. The molecule has 1 aliphatic heterocycles. The second kappa shape index (κ2) is 8.95. The first-order valence-corrected chi connectivity index (χ1v) is 13.1. The van der Waals surface area contributed by atoms with E-state index in [1.54, 1.807) is 11.3 Å². The normalized spacial score (nSPS) is 18.4. The van der Waals surface area contributed by atoms with E-state index < -0.39 is 0 Å². The third-order valence-electron chi connectivity index (χ3n) is 7.17. The Labute approximate surface area is 198 Å². The molecule has 7 heteroatoms. The number of thiazole rings is 1. The summed E-state index contributed by atoms with van der Waals surface area (Å²) in [5.74, 6) is 0. The number of piperidine rings is 1. The number of anilines is 2. The Morgan fingerprint density at radius 1 is 1.03 bits per heavy atom. The molecule has 1 saturated carbocycles. The first-order valence-electron chi connectivity index (χ1n) is 12.3. The SMILES string of the molecule is OC1CCN(c2ccn3c(Cc4ccc5nc(NC6CCCCC6)sc5c4)cnc3c2)CC1. The van der Waals surface area contributed by atoms with Gasteiger partial charge in [0.05, 0.1) is 16.3 Å². The van der Waals surface area contributed by atoms with Gasteiger partial charge in [-0.3, -0.25) is 0 Å². The first kappa shape index (κ1) is 20.9. The largest absolute Gasteiger partial charge is 0.393 e. The van der Waals surface area contributed by atoms with Crippen LogP contribution in [0.5, 0.6) is 0 Å². The Hall–Kier alpha value is -2.64. The molecule has 33 heavy (non-hydrogen) atoms. The van der Waals surface area contributed by atoms with Crippen molar-refractivity contribution in [3.63, 3.8) is 0 Å². The van der Waals surface area contributed by atoms with Gasteiger partial charge in [-0.2, -0.15) is 0 Å². The molecule has 6 rings (SSSR count). The lowest BCUT2D eigenvalue weighted by Crippen LogP contribution is -2.35. The molecule has 2 aliphatic rings. The van der Waals surface area contributed by atoms with Crippen LogP contribution in [-0.4, -0.2) is 44.7 Å². The Balaban J connectivity index is 1.19. The molecule has 4 heterocycles. The van der Waals surface area contributed by atoms with Crippen molar-refractivity contribution in [1.29, 1.82) is 0 Å². The summed E-state index contributed by atoms with van der Waals surface area (Å²) in [6.07, 6.45) is 13.0. The van der Waals surface area contributed by atoms with Crippen molar-refractivity contribution in [2.45, 2.75) is 63.5 Å². The van der Waals surface area contributed by atoms with E-state index in [-0.39, 0.29) is 6.10 Å².